The molecular formula is C17H17FN4O5S. The average Bonchev–Trinajstić information content (AvgIpc) is 3.01. The Morgan fingerprint density at radius 1 is 1.25 bits per heavy atom. The highest BCUT2D eigenvalue weighted by atomic mass is 32.2. The Balaban J connectivity index is 2.32. The summed E-state index contributed by atoms with van der Waals surface area (Å²) in [5.74, 6) is -1.58. The van der Waals surface area contributed by atoms with Crippen LogP contribution in [0, 0.1) is 16.1 Å². The van der Waals surface area contributed by atoms with E-state index in [1.807, 2.05) is 0 Å². The summed E-state index contributed by atoms with van der Waals surface area (Å²) in [6.45, 7) is 4.67. The zero-order valence-corrected chi connectivity index (χ0v) is 16.3. The van der Waals surface area contributed by atoms with Crippen molar-refractivity contribution in [2.24, 2.45) is 0 Å². The van der Waals surface area contributed by atoms with E-state index in [2.05, 4.69) is 9.97 Å². The first-order chi connectivity index (χ1) is 13.0. The van der Waals surface area contributed by atoms with E-state index in [0.29, 0.717) is 5.65 Å². The molecule has 0 bridgehead atoms. The van der Waals surface area contributed by atoms with Crippen LogP contribution >= 0.6 is 0 Å². The van der Waals surface area contributed by atoms with E-state index in [1.165, 1.54) is 30.0 Å². The number of imidazole rings is 1. The molecule has 0 atom stereocenters. The lowest BCUT2D eigenvalue weighted by atomic mass is 10.2. The molecule has 0 radical (unpaired) electrons. The second-order valence-corrected chi connectivity index (χ2v) is 9.66. The minimum atomic E-state index is -3.79. The third kappa shape index (κ3) is 3.17. The summed E-state index contributed by atoms with van der Waals surface area (Å²) < 4.78 is 45.2. The van der Waals surface area contributed by atoms with Crippen molar-refractivity contribution < 1.29 is 22.5 Å². The van der Waals surface area contributed by atoms with Crippen LogP contribution in [0.5, 0.6) is 5.75 Å². The molecule has 3 aromatic rings. The molecule has 0 N–H and O–H groups in total. The zero-order valence-electron chi connectivity index (χ0n) is 15.5. The number of hydrogen-bond donors (Lipinski definition) is 0. The first-order valence-corrected chi connectivity index (χ1v) is 9.56. The van der Waals surface area contributed by atoms with Gasteiger partial charge in [0.2, 0.25) is 0 Å². The van der Waals surface area contributed by atoms with Gasteiger partial charge in [-0.1, -0.05) is 0 Å². The van der Waals surface area contributed by atoms with Gasteiger partial charge in [-0.15, -0.1) is 0 Å². The molecule has 11 heteroatoms. The smallest absolute Gasteiger partial charge is 0.367 e. The Morgan fingerprint density at radius 2 is 1.93 bits per heavy atom. The monoisotopic (exact) mass is 408 g/mol. The SMILES string of the molecule is COc1cc2ncc(-c3cc(F)nc([N+](=O)[O-])c3)n2cc1S(=O)(=O)C(C)(C)C. The first kappa shape index (κ1) is 19.7. The van der Waals surface area contributed by atoms with Crippen LogP contribution in [0.2, 0.25) is 0 Å². The van der Waals surface area contributed by atoms with Gasteiger partial charge in [-0.25, -0.2) is 13.4 Å². The maximum absolute atomic E-state index is 13.8. The molecule has 0 spiro atoms. The topological polar surface area (TPSA) is 117 Å². The molecule has 0 unspecified atom stereocenters. The number of aromatic nitrogens is 3. The average molecular weight is 408 g/mol. The van der Waals surface area contributed by atoms with Crippen molar-refractivity contribution in [2.45, 2.75) is 30.4 Å². The molecule has 0 saturated carbocycles. The molecule has 0 saturated heterocycles. The second kappa shape index (κ2) is 6.51. The summed E-state index contributed by atoms with van der Waals surface area (Å²) in [5.41, 5.74) is 0.739. The zero-order chi connectivity index (χ0) is 20.9. The Bertz CT molecular complexity index is 1200. The van der Waals surface area contributed by atoms with Crippen LogP contribution in [0.15, 0.2) is 35.5 Å². The summed E-state index contributed by atoms with van der Waals surface area (Å²) >= 11 is 0. The molecular weight excluding hydrogens is 391 g/mol. The predicted molar refractivity (Wildman–Crippen MR) is 98.5 cm³/mol. The molecule has 0 fully saturated rings. The molecule has 148 valence electrons. The molecule has 0 aliphatic rings. The number of fused-ring (bicyclic) bond motifs is 1. The highest BCUT2D eigenvalue weighted by molar-refractivity contribution is 7.92. The molecule has 28 heavy (non-hydrogen) atoms. The molecule has 0 aromatic carbocycles. The Morgan fingerprint density at radius 3 is 2.50 bits per heavy atom. The number of sulfone groups is 1. The summed E-state index contributed by atoms with van der Waals surface area (Å²) in [6.07, 6.45) is 2.68. The number of nitrogens with zero attached hydrogens (tertiary/aromatic N) is 4. The fourth-order valence-electron chi connectivity index (χ4n) is 2.62. The van der Waals surface area contributed by atoms with E-state index in [0.717, 1.165) is 12.1 Å². The summed E-state index contributed by atoms with van der Waals surface area (Å²) in [4.78, 5) is 17.5. The lowest BCUT2D eigenvalue weighted by Crippen LogP contribution is -2.28. The van der Waals surface area contributed by atoms with Crippen molar-refractivity contribution in [3.05, 3.63) is 46.7 Å². The van der Waals surface area contributed by atoms with Crippen molar-refractivity contribution in [1.82, 2.24) is 14.4 Å². The van der Waals surface area contributed by atoms with E-state index < -0.39 is 31.3 Å². The van der Waals surface area contributed by atoms with Gasteiger partial charge in [-0.3, -0.25) is 4.40 Å². The van der Waals surface area contributed by atoms with Crippen LogP contribution < -0.4 is 4.74 Å². The number of ether oxygens (including phenoxy) is 1. The van der Waals surface area contributed by atoms with Gasteiger partial charge in [0.15, 0.2) is 9.84 Å². The van der Waals surface area contributed by atoms with Crippen LogP contribution in [-0.2, 0) is 9.84 Å². The summed E-state index contributed by atoms with van der Waals surface area (Å²) in [6, 6.07) is 3.54. The van der Waals surface area contributed by atoms with E-state index in [4.69, 9.17) is 4.74 Å². The fraction of sp³-hybridized carbons (Fsp3) is 0.294. The van der Waals surface area contributed by atoms with Crippen molar-refractivity contribution >= 4 is 21.3 Å². The molecule has 0 amide bonds. The van der Waals surface area contributed by atoms with Crippen molar-refractivity contribution in [2.75, 3.05) is 7.11 Å². The number of halogens is 1. The number of rotatable bonds is 4. The second-order valence-electron chi connectivity index (χ2n) is 6.99. The van der Waals surface area contributed by atoms with E-state index in [1.54, 1.807) is 20.8 Å². The third-order valence-electron chi connectivity index (χ3n) is 4.15. The maximum Gasteiger partial charge on any atom is 0.367 e. The predicted octanol–water partition coefficient (Wildman–Crippen LogP) is 3.02. The third-order valence-corrected chi connectivity index (χ3v) is 6.65. The molecule has 0 aliphatic carbocycles. The van der Waals surface area contributed by atoms with Crippen molar-refractivity contribution in [3.8, 4) is 17.0 Å². The molecule has 9 nitrogen and oxygen atoms in total. The highest BCUT2D eigenvalue weighted by Gasteiger charge is 2.34. The van der Waals surface area contributed by atoms with Gasteiger partial charge in [0.1, 0.15) is 16.3 Å². The van der Waals surface area contributed by atoms with Gasteiger partial charge in [0, 0.05) is 30.0 Å². The van der Waals surface area contributed by atoms with Crippen LogP contribution in [0.4, 0.5) is 10.2 Å². The van der Waals surface area contributed by atoms with E-state index in [9.17, 15) is 22.9 Å². The van der Waals surface area contributed by atoms with Gasteiger partial charge >= 0.3 is 11.8 Å². The first-order valence-electron chi connectivity index (χ1n) is 8.08. The number of hydrogen-bond acceptors (Lipinski definition) is 7. The normalized spacial score (nSPS) is 12.3. The van der Waals surface area contributed by atoms with Crippen LogP contribution in [0.3, 0.4) is 0 Å². The molecule has 3 heterocycles. The Kier molecular flexibility index (Phi) is 4.58. The van der Waals surface area contributed by atoms with Gasteiger partial charge in [-0.2, -0.15) is 4.39 Å². The molecule has 3 aromatic heterocycles. The van der Waals surface area contributed by atoms with Crippen LogP contribution in [-0.4, -0.2) is 39.6 Å². The van der Waals surface area contributed by atoms with Crippen molar-refractivity contribution in [1.29, 1.82) is 0 Å². The summed E-state index contributed by atoms with van der Waals surface area (Å²) in [5, 5.41) is 11.0. The quantitative estimate of drug-likeness (QED) is 0.370. The Hall–Kier alpha value is -3.08. The van der Waals surface area contributed by atoms with Crippen LogP contribution in [0.25, 0.3) is 16.9 Å². The number of pyridine rings is 2. The maximum atomic E-state index is 13.8. The van der Waals surface area contributed by atoms with Crippen LogP contribution in [0.1, 0.15) is 20.8 Å². The minimum Gasteiger partial charge on any atom is -0.495 e. The van der Waals surface area contributed by atoms with Gasteiger partial charge in [-0.05, 0) is 30.7 Å². The minimum absolute atomic E-state index is 0.0710. The number of nitro groups is 1. The fourth-order valence-corrected chi connectivity index (χ4v) is 3.93. The standard InChI is InChI=1S/C17H17FN4O5S/c1-17(2,3)28(25,26)13-9-21-11(8-19-15(21)7-12(13)27-4)10-5-14(18)20-16(6-10)22(23)24/h5-9H,1-4H3. The van der Waals surface area contributed by atoms with Gasteiger partial charge in [0.25, 0.3) is 0 Å². The molecule has 3 rings (SSSR count). The summed E-state index contributed by atoms with van der Waals surface area (Å²) in [7, 11) is -2.44. The largest absolute Gasteiger partial charge is 0.495 e. The highest BCUT2D eigenvalue weighted by Crippen LogP contribution is 2.34. The molecule has 0 aliphatic heterocycles. The van der Waals surface area contributed by atoms with Crippen molar-refractivity contribution in [3.63, 3.8) is 0 Å². The van der Waals surface area contributed by atoms with Gasteiger partial charge in [0.05, 0.1) is 23.7 Å². The lowest BCUT2D eigenvalue weighted by Gasteiger charge is -2.21. The van der Waals surface area contributed by atoms with Gasteiger partial charge < -0.3 is 14.9 Å². The Labute approximate surface area is 159 Å². The van der Waals surface area contributed by atoms with E-state index in [-0.39, 0.29) is 21.9 Å². The van der Waals surface area contributed by atoms with E-state index >= 15 is 0 Å². The lowest BCUT2D eigenvalue weighted by molar-refractivity contribution is -0.389. The number of methoxy groups -OCH3 is 1.